The van der Waals surface area contributed by atoms with E-state index in [2.05, 4.69) is 12.2 Å². The lowest BCUT2D eigenvalue weighted by atomic mass is 10.2. The normalized spacial score (nSPS) is 10.8. The molecule has 21 heavy (non-hydrogen) atoms. The van der Waals surface area contributed by atoms with E-state index >= 15 is 0 Å². The molecule has 1 rings (SSSR count). The first-order chi connectivity index (χ1) is 10.3. The SMILES string of the molecule is CCCCCCCOc1ccc(CNCCOC)cc1F. The van der Waals surface area contributed by atoms with Crippen LogP contribution in [0.5, 0.6) is 5.75 Å². The summed E-state index contributed by atoms with van der Waals surface area (Å²) in [5.74, 6) is 0.0701. The van der Waals surface area contributed by atoms with Crippen LogP contribution >= 0.6 is 0 Å². The topological polar surface area (TPSA) is 30.5 Å². The summed E-state index contributed by atoms with van der Waals surface area (Å²) < 4.78 is 24.3. The van der Waals surface area contributed by atoms with Crippen LogP contribution in [0.2, 0.25) is 0 Å². The Bertz CT molecular complexity index is 385. The first-order valence-corrected chi connectivity index (χ1v) is 7.88. The summed E-state index contributed by atoms with van der Waals surface area (Å²) in [5.41, 5.74) is 0.916. The molecule has 0 aliphatic heterocycles. The van der Waals surface area contributed by atoms with Crippen molar-refractivity contribution in [3.8, 4) is 5.75 Å². The average Bonchev–Trinajstić information content (AvgIpc) is 2.49. The molecule has 120 valence electrons. The zero-order chi connectivity index (χ0) is 15.3. The summed E-state index contributed by atoms with van der Waals surface area (Å²) in [7, 11) is 1.66. The monoisotopic (exact) mass is 297 g/mol. The summed E-state index contributed by atoms with van der Waals surface area (Å²) in [4.78, 5) is 0. The molecule has 0 atom stereocenters. The Balaban J connectivity index is 2.26. The van der Waals surface area contributed by atoms with E-state index in [-0.39, 0.29) is 5.82 Å². The predicted molar refractivity (Wildman–Crippen MR) is 84.2 cm³/mol. The van der Waals surface area contributed by atoms with E-state index in [9.17, 15) is 4.39 Å². The second kappa shape index (κ2) is 11.5. The van der Waals surface area contributed by atoms with Crippen LogP contribution in [0, 0.1) is 5.82 Å². The molecule has 1 aromatic rings. The number of methoxy groups -OCH3 is 1. The van der Waals surface area contributed by atoms with Gasteiger partial charge in [-0.1, -0.05) is 38.7 Å². The first kappa shape index (κ1) is 17.9. The highest BCUT2D eigenvalue weighted by Gasteiger charge is 2.04. The molecule has 1 aromatic carbocycles. The zero-order valence-electron chi connectivity index (χ0n) is 13.3. The highest BCUT2D eigenvalue weighted by atomic mass is 19.1. The van der Waals surface area contributed by atoms with Gasteiger partial charge in [0.25, 0.3) is 0 Å². The van der Waals surface area contributed by atoms with Crippen molar-refractivity contribution in [1.82, 2.24) is 5.32 Å². The van der Waals surface area contributed by atoms with Crippen LogP contribution in [-0.2, 0) is 11.3 Å². The summed E-state index contributed by atoms with van der Waals surface area (Å²) in [6, 6.07) is 5.15. The van der Waals surface area contributed by atoms with Gasteiger partial charge in [-0.25, -0.2) is 4.39 Å². The van der Waals surface area contributed by atoms with Crippen molar-refractivity contribution in [2.45, 2.75) is 45.6 Å². The van der Waals surface area contributed by atoms with Crippen LogP contribution in [0.4, 0.5) is 4.39 Å². The van der Waals surface area contributed by atoms with Gasteiger partial charge in [-0.15, -0.1) is 0 Å². The van der Waals surface area contributed by atoms with E-state index in [4.69, 9.17) is 9.47 Å². The van der Waals surface area contributed by atoms with Crippen molar-refractivity contribution < 1.29 is 13.9 Å². The molecule has 0 saturated heterocycles. The van der Waals surface area contributed by atoms with Crippen LogP contribution in [-0.4, -0.2) is 26.9 Å². The molecule has 0 aromatic heterocycles. The first-order valence-electron chi connectivity index (χ1n) is 7.88. The number of hydrogen-bond acceptors (Lipinski definition) is 3. The number of nitrogens with one attached hydrogen (secondary N) is 1. The fourth-order valence-electron chi connectivity index (χ4n) is 2.07. The predicted octanol–water partition coefficient (Wildman–Crippen LogP) is 3.91. The van der Waals surface area contributed by atoms with Crippen molar-refractivity contribution in [2.24, 2.45) is 0 Å². The summed E-state index contributed by atoms with van der Waals surface area (Å²) in [6.07, 6.45) is 5.86. The Hall–Kier alpha value is -1.13. The van der Waals surface area contributed by atoms with E-state index < -0.39 is 0 Å². The van der Waals surface area contributed by atoms with Gasteiger partial charge < -0.3 is 14.8 Å². The molecular formula is C17H28FNO2. The number of ether oxygens (including phenoxy) is 2. The van der Waals surface area contributed by atoms with Gasteiger partial charge in [-0.05, 0) is 24.1 Å². The minimum Gasteiger partial charge on any atom is -0.491 e. The molecule has 0 aliphatic carbocycles. The van der Waals surface area contributed by atoms with Crippen LogP contribution in [0.1, 0.15) is 44.6 Å². The Labute approximate surface area is 127 Å². The summed E-state index contributed by atoms with van der Waals surface area (Å²) in [5, 5.41) is 3.19. The number of hydrogen-bond donors (Lipinski definition) is 1. The maximum atomic E-state index is 13.9. The molecular weight excluding hydrogens is 269 g/mol. The van der Waals surface area contributed by atoms with Crippen molar-refractivity contribution in [3.05, 3.63) is 29.6 Å². The summed E-state index contributed by atoms with van der Waals surface area (Å²) >= 11 is 0. The molecule has 0 amide bonds. The van der Waals surface area contributed by atoms with Crippen molar-refractivity contribution >= 4 is 0 Å². The molecule has 0 heterocycles. The molecule has 0 unspecified atom stereocenters. The third-order valence-corrected chi connectivity index (χ3v) is 3.31. The van der Waals surface area contributed by atoms with Crippen molar-refractivity contribution in [2.75, 3.05) is 26.9 Å². The van der Waals surface area contributed by atoms with E-state index in [1.54, 1.807) is 13.2 Å². The molecule has 0 radical (unpaired) electrons. The van der Waals surface area contributed by atoms with Gasteiger partial charge in [-0.2, -0.15) is 0 Å². The van der Waals surface area contributed by atoms with E-state index in [1.165, 1.54) is 25.3 Å². The van der Waals surface area contributed by atoms with Gasteiger partial charge >= 0.3 is 0 Å². The second-order valence-corrected chi connectivity index (χ2v) is 5.20. The minimum absolute atomic E-state index is 0.283. The third kappa shape index (κ3) is 8.02. The highest BCUT2D eigenvalue weighted by Crippen LogP contribution is 2.19. The number of halogens is 1. The molecule has 0 aliphatic rings. The van der Waals surface area contributed by atoms with Gasteiger partial charge in [0.05, 0.1) is 13.2 Å². The Morgan fingerprint density at radius 2 is 1.90 bits per heavy atom. The standard InChI is InChI=1S/C17H28FNO2/c1-3-4-5-6-7-11-21-17-9-8-15(13-16(17)18)14-19-10-12-20-2/h8-9,13,19H,3-7,10-12,14H2,1-2H3. The number of unbranched alkanes of at least 4 members (excludes halogenated alkanes) is 4. The van der Waals surface area contributed by atoms with Crippen LogP contribution in [0.3, 0.4) is 0 Å². The minimum atomic E-state index is -0.283. The molecule has 0 saturated carbocycles. The number of benzene rings is 1. The maximum Gasteiger partial charge on any atom is 0.165 e. The highest BCUT2D eigenvalue weighted by molar-refractivity contribution is 5.29. The number of rotatable bonds is 12. The lowest BCUT2D eigenvalue weighted by Gasteiger charge is -2.09. The lowest BCUT2D eigenvalue weighted by molar-refractivity contribution is 0.199. The fraction of sp³-hybridized carbons (Fsp3) is 0.647. The van der Waals surface area contributed by atoms with E-state index in [0.717, 1.165) is 24.9 Å². The molecule has 3 nitrogen and oxygen atoms in total. The molecule has 1 N–H and O–H groups in total. The van der Waals surface area contributed by atoms with E-state index in [0.29, 0.717) is 25.5 Å². The average molecular weight is 297 g/mol. The van der Waals surface area contributed by atoms with Crippen LogP contribution in [0.25, 0.3) is 0 Å². The lowest BCUT2D eigenvalue weighted by Crippen LogP contribution is -2.18. The van der Waals surface area contributed by atoms with Gasteiger partial charge in [0, 0.05) is 20.2 Å². The Kier molecular flexibility index (Phi) is 9.83. The van der Waals surface area contributed by atoms with Crippen LogP contribution < -0.4 is 10.1 Å². The third-order valence-electron chi connectivity index (χ3n) is 3.31. The molecule has 0 fully saturated rings. The van der Waals surface area contributed by atoms with Crippen molar-refractivity contribution in [3.63, 3.8) is 0 Å². The zero-order valence-corrected chi connectivity index (χ0v) is 13.3. The second-order valence-electron chi connectivity index (χ2n) is 5.20. The van der Waals surface area contributed by atoms with Crippen molar-refractivity contribution in [1.29, 1.82) is 0 Å². The molecule has 4 heteroatoms. The fourth-order valence-corrected chi connectivity index (χ4v) is 2.07. The molecule has 0 spiro atoms. The van der Waals surface area contributed by atoms with Gasteiger partial charge in [-0.3, -0.25) is 0 Å². The Morgan fingerprint density at radius 3 is 2.62 bits per heavy atom. The van der Waals surface area contributed by atoms with Gasteiger partial charge in [0.1, 0.15) is 0 Å². The smallest absolute Gasteiger partial charge is 0.165 e. The quantitative estimate of drug-likeness (QED) is 0.593. The summed E-state index contributed by atoms with van der Waals surface area (Å²) in [6.45, 7) is 4.83. The van der Waals surface area contributed by atoms with E-state index in [1.807, 2.05) is 6.07 Å². The molecule has 0 bridgehead atoms. The Morgan fingerprint density at radius 1 is 1.10 bits per heavy atom. The van der Waals surface area contributed by atoms with Crippen LogP contribution in [0.15, 0.2) is 18.2 Å². The maximum absolute atomic E-state index is 13.9. The largest absolute Gasteiger partial charge is 0.491 e. The van der Waals surface area contributed by atoms with Gasteiger partial charge in [0.15, 0.2) is 11.6 Å². The van der Waals surface area contributed by atoms with Gasteiger partial charge in [0.2, 0.25) is 0 Å².